The molecule has 0 saturated carbocycles. The zero-order chi connectivity index (χ0) is 13.1. The molecule has 6 heteroatoms. The van der Waals surface area contributed by atoms with E-state index < -0.39 is 4.92 Å². The fraction of sp³-hybridized carbons (Fsp3) is 0.583. The van der Waals surface area contributed by atoms with Gasteiger partial charge in [0.1, 0.15) is 12.0 Å². The van der Waals surface area contributed by atoms with Gasteiger partial charge in [0.2, 0.25) is 0 Å². The summed E-state index contributed by atoms with van der Waals surface area (Å²) in [5.74, 6) is 1.31. The zero-order valence-electron chi connectivity index (χ0n) is 10.4. The minimum absolute atomic E-state index is 0.0300. The van der Waals surface area contributed by atoms with Gasteiger partial charge in [-0.05, 0) is 31.2 Å². The van der Waals surface area contributed by atoms with Crippen molar-refractivity contribution in [2.45, 2.75) is 19.8 Å². The van der Waals surface area contributed by atoms with Crippen LogP contribution in [-0.2, 0) is 0 Å². The van der Waals surface area contributed by atoms with Crippen LogP contribution in [-0.4, -0.2) is 34.7 Å². The molecule has 1 aromatic heterocycles. The third-order valence-electron chi connectivity index (χ3n) is 3.37. The van der Waals surface area contributed by atoms with Gasteiger partial charge in [0.25, 0.3) is 5.69 Å². The molecule has 0 aromatic carbocycles. The summed E-state index contributed by atoms with van der Waals surface area (Å²) in [6.45, 7) is 3.82. The summed E-state index contributed by atoms with van der Waals surface area (Å²) in [4.78, 5) is 16.6. The van der Waals surface area contributed by atoms with E-state index in [1.54, 1.807) is 6.07 Å². The van der Waals surface area contributed by atoms with Crippen molar-refractivity contribution in [3.63, 3.8) is 0 Å². The summed E-state index contributed by atoms with van der Waals surface area (Å²) < 4.78 is 0. The number of aliphatic hydroxyl groups is 1. The maximum Gasteiger partial charge on any atom is 0.287 e. The lowest BCUT2D eigenvalue weighted by molar-refractivity contribution is -0.385. The van der Waals surface area contributed by atoms with Gasteiger partial charge in [-0.2, -0.15) is 0 Å². The second-order valence-corrected chi connectivity index (χ2v) is 4.70. The Balaban J connectivity index is 2.12. The first-order valence-electron chi connectivity index (χ1n) is 6.08. The minimum atomic E-state index is -0.428. The van der Waals surface area contributed by atoms with Crippen LogP contribution in [0.25, 0.3) is 0 Å². The maximum absolute atomic E-state index is 10.6. The second kappa shape index (κ2) is 5.30. The topological polar surface area (TPSA) is 79.5 Å². The smallest absolute Gasteiger partial charge is 0.287 e. The van der Waals surface area contributed by atoms with Gasteiger partial charge in [-0.1, -0.05) is 0 Å². The molecule has 1 unspecified atom stereocenters. The number of aliphatic hydroxyl groups excluding tert-OH is 1. The van der Waals surface area contributed by atoms with Crippen molar-refractivity contribution in [1.82, 2.24) is 4.98 Å². The van der Waals surface area contributed by atoms with Gasteiger partial charge in [0.05, 0.1) is 4.92 Å². The second-order valence-electron chi connectivity index (χ2n) is 4.70. The highest BCUT2D eigenvalue weighted by atomic mass is 16.6. The molecule has 0 aliphatic carbocycles. The van der Waals surface area contributed by atoms with Crippen molar-refractivity contribution in [3.8, 4) is 0 Å². The molecule has 2 rings (SSSR count). The molecule has 0 radical (unpaired) electrons. The standard InChI is InChI=1S/C12H17N3O3/c1-9-6-11(15(17)18)7-13-12(9)14-4-2-10(8-14)3-5-16/h6-7,10,16H,2-5,8H2,1H3. The molecule has 2 heterocycles. The summed E-state index contributed by atoms with van der Waals surface area (Å²) >= 11 is 0. The first-order valence-corrected chi connectivity index (χ1v) is 6.08. The number of rotatable bonds is 4. The Morgan fingerprint density at radius 1 is 1.67 bits per heavy atom. The van der Waals surface area contributed by atoms with Crippen molar-refractivity contribution in [1.29, 1.82) is 0 Å². The first kappa shape index (κ1) is 12.8. The third kappa shape index (κ3) is 2.59. The molecule has 1 aliphatic heterocycles. The van der Waals surface area contributed by atoms with Crippen LogP contribution in [0.15, 0.2) is 12.3 Å². The van der Waals surface area contributed by atoms with Crippen LogP contribution in [0.3, 0.4) is 0 Å². The van der Waals surface area contributed by atoms with E-state index in [0.29, 0.717) is 5.92 Å². The lowest BCUT2D eigenvalue weighted by Crippen LogP contribution is -2.22. The number of nitro groups is 1. The molecule has 1 N–H and O–H groups in total. The van der Waals surface area contributed by atoms with Crippen LogP contribution < -0.4 is 4.90 Å². The molecule has 0 bridgehead atoms. The molecule has 0 spiro atoms. The van der Waals surface area contributed by atoms with E-state index in [9.17, 15) is 10.1 Å². The molecule has 1 aliphatic rings. The highest BCUT2D eigenvalue weighted by molar-refractivity contribution is 5.51. The highest BCUT2D eigenvalue weighted by Gasteiger charge is 2.24. The Kier molecular flexibility index (Phi) is 3.76. The predicted octanol–water partition coefficient (Wildman–Crippen LogP) is 1.51. The number of anilines is 1. The number of nitrogens with zero attached hydrogens (tertiary/aromatic N) is 3. The quantitative estimate of drug-likeness (QED) is 0.648. The van der Waals surface area contributed by atoms with Crippen molar-refractivity contribution in [2.24, 2.45) is 5.92 Å². The largest absolute Gasteiger partial charge is 0.396 e. The molecule has 1 saturated heterocycles. The van der Waals surface area contributed by atoms with Gasteiger partial charge in [-0.3, -0.25) is 10.1 Å². The van der Waals surface area contributed by atoms with Crippen molar-refractivity contribution < 1.29 is 10.0 Å². The fourth-order valence-electron chi connectivity index (χ4n) is 2.43. The van der Waals surface area contributed by atoms with Gasteiger partial charge >= 0.3 is 0 Å². The Morgan fingerprint density at radius 3 is 3.06 bits per heavy atom. The molecule has 1 aromatic rings. The molecule has 1 fully saturated rings. The Labute approximate surface area is 105 Å². The number of hydrogen-bond acceptors (Lipinski definition) is 5. The van der Waals surface area contributed by atoms with E-state index >= 15 is 0 Å². The lowest BCUT2D eigenvalue weighted by Gasteiger charge is -2.19. The van der Waals surface area contributed by atoms with E-state index in [2.05, 4.69) is 9.88 Å². The lowest BCUT2D eigenvalue weighted by atomic mass is 10.1. The van der Waals surface area contributed by atoms with Gasteiger partial charge in [-0.25, -0.2) is 4.98 Å². The van der Waals surface area contributed by atoms with E-state index in [1.165, 1.54) is 6.20 Å². The normalized spacial score (nSPS) is 19.2. The Morgan fingerprint density at radius 2 is 2.44 bits per heavy atom. The van der Waals surface area contributed by atoms with Crippen LogP contribution >= 0.6 is 0 Å². The molecule has 1 atom stereocenters. The van der Waals surface area contributed by atoms with Gasteiger partial charge in [-0.15, -0.1) is 0 Å². The average Bonchev–Trinajstić information content (AvgIpc) is 2.77. The van der Waals surface area contributed by atoms with Crippen LogP contribution in [0.2, 0.25) is 0 Å². The molecule has 6 nitrogen and oxygen atoms in total. The van der Waals surface area contributed by atoms with Crippen molar-refractivity contribution in [2.75, 3.05) is 24.6 Å². The average molecular weight is 251 g/mol. The van der Waals surface area contributed by atoms with E-state index in [1.807, 2.05) is 6.92 Å². The van der Waals surface area contributed by atoms with Crippen molar-refractivity contribution in [3.05, 3.63) is 27.9 Å². The minimum Gasteiger partial charge on any atom is -0.396 e. The van der Waals surface area contributed by atoms with Gasteiger partial charge in [0, 0.05) is 25.8 Å². The molecule has 0 amide bonds. The van der Waals surface area contributed by atoms with Crippen LogP contribution in [0.5, 0.6) is 0 Å². The zero-order valence-corrected chi connectivity index (χ0v) is 10.4. The van der Waals surface area contributed by atoms with Crippen molar-refractivity contribution >= 4 is 11.5 Å². The summed E-state index contributed by atoms with van der Waals surface area (Å²) in [5, 5.41) is 19.6. The fourth-order valence-corrected chi connectivity index (χ4v) is 2.43. The first-order chi connectivity index (χ1) is 8.61. The predicted molar refractivity (Wildman–Crippen MR) is 67.7 cm³/mol. The summed E-state index contributed by atoms with van der Waals surface area (Å²) in [6, 6.07) is 1.56. The molecular formula is C12H17N3O3. The summed E-state index contributed by atoms with van der Waals surface area (Å²) in [6.07, 6.45) is 3.16. The molecule has 98 valence electrons. The monoisotopic (exact) mass is 251 g/mol. The maximum atomic E-state index is 10.6. The Hall–Kier alpha value is -1.69. The number of aromatic nitrogens is 1. The third-order valence-corrected chi connectivity index (χ3v) is 3.37. The van der Waals surface area contributed by atoms with E-state index in [4.69, 9.17) is 5.11 Å². The SMILES string of the molecule is Cc1cc([N+](=O)[O-])cnc1N1CCC(CCO)C1. The van der Waals surface area contributed by atoms with Gasteiger partial charge in [0.15, 0.2) is 0 Å². The summed E-state index contributed by atoms with van der Waals surface area (Å²) in [7, 11) is 0. The number of hydrogen-bond donors (Lipinski definition) is 1. The Bertz CT molecular complexity index is 450. The molecule has 18 heavy (non-hydrogen) atoms. The van der Waals surface area contributed by atoms with Crippen LogP contribution in [0.4, 0.5) is 11.5 Å². The van der Waals surface area contributed by atoms with E-state index in [0.717, 1.165) is 37.3 Å². The summed E-state index contributed by atoms with van der Waals surface area (Å²) in [5.41, 5.74) is 0.858. The highest BCUT2D eigenvalue weighted by Crippen LogP contribution is 2.28. The van der Waals surface area contributed by atoms with E-state index in [-0.39, 0.29) is 12.3 Å². The number of aryl methyl sites for hydroxylation is 1. The van der Waals surface area contributed by atoms with Crippen LogP contribution in [0, 0.1) is 23.0 Å². The van der Waals surface area contributed by atoms with Gasteiger partial charge < -0.3 is 10.0 Å². The molecular weight excluding hydrogens is 234 g/mol. The van der Waals surface area contributed by atoms with Crippen LogP contribution in [0.1, 0.15) is 18.4 Å². The number of pyridine rings is 1.